The Kier molecular flexibility index (Phi) is 3.35. The van der Waals surface area contributed by atoms with Crippen molar-refractivity contribution in [3.05, 3.63) is 34.7 Å². The predicted molar refractivity (Wildman–Crippen MR) is 84.3 cm³/mol. The molecule has 0 aromatic heterocycles. The highest BCUT2D eigenvalue weighted by atomic mass is 32.2. The van der Waals surface area contributed by atoms with Crippen molar-refractivity contribution >= 4 is 51.4 Å². The molecule has 6 heteroatoms. The lowest BCUT2D eigenvalue weighted by Crippen LogP contribution is -2.27. The highest BCUT2D eigenvalue weighted by Crippen LogP contribution is 2.42. The maximum absolute atomic E-state index is 12.6. The number of rotatable bonds is 2. The lowest BCUT2D eigenvalue weighted by atomic mass is 10.1. The number of carbonyl (C=O) groups excluding carboxylic acids is 2. The number of amides is 2. The van der Waals surface area contributed by atoms with Gasteiger partial charge in [-0.05, 0) is 12.5 Å². The van der Waals surface area contributed by atoms with Gasteiger partial charge in [-0.2, -0.15) is 0 Å². The number of anilines is 1. The number of hydrogen-bond donors (Lipinski definition) is 1. The molecule has 2 aliphatic rings. The van der Waals surface area contributed by atoms with Gasteiger partial charge in [-0.25, -0.2) is 0 Å². The molecule has 0 aliphatic carbocycles. The van der Waals surface area contributed by atoms with Gasteiger partial charge in [-0.15, -0.1) is 0 Å². The molecule has 2 aliphatic heterocycles. The van der Waals surface area contributed by atoms with Crippen LogP contribution in [0.2, 0.25) is 0 Å². The monoisotopic (exact) mass is 304 g/mol. The molecule has 0 bridgehead atoms. The molecule has 0 spiro atoms. The van der Waals surface area contributed by atoms with Crippen molar-refractivity contribution < 1.29 is 9.59 Å². The molecule has 1 saturated heterocycles. The zero-order valence-electron chi connectivity index (χ0n) is 10.8. The Morgan fingerprint density at radius 1 is 1.30 bits per heavy atom. The second kappa shape index (κ2) is 5.03. The van der Waals surface area contributed by atoms with Crippen LogP contribution in [0.1, 0.15) is 18.9 Å². The number of nitrogens with one attached hydrogen (secondary N) is 1. The fourth-order valence-electron chi connectivity index (χ4n) is 2.42. The van der Waals surface area contributed by atoms with Gasteiger partial charge in [0.2, 0.25) is 0 Å². The standard InChI is InChI=1S/C14H12N2O2S2/c1-2-7-16-9-6-4-3-5-8(9)10(13(16)18)11-12(17)15-14(19)20-11/h3-6H,2,7H2,1H3,(H,15,17,19). The molecule has 0 atom stereocenters. The Morgan fingerprint density at radius 2 is 2.05 bits per heavy atom. The summed E-state index contributed by atoms with van der Waals surface area (Å²) in [5.74, 6) is -0.396. The van der Waals surface area contributed by atoms with Crippen LogP contribution in [-0.4, -0.2) is 22.7 Å². The summed E-state index contributed by atoms with van der Waals surface area (Å²) in [5, 5.41) is 2.57. The summed E-state index contributed by atoms with van der Waals surface area (Å²) in [4.78, 5) is 26.7. The predicted octanol–water partition coefficient (Wildman–Crippen LogP) is 2.30. The van der Waals surface area contributed by atoms with E-state index >= 15 is 0 Å². The summed E-state index contributed by atoms with van der Waals surface area (Å²) in [6.07, 6.45) is 0.862. The van der Waals surface area contributed by atoms with Crippen LogP contribution < -0.4 is 10.2 Å². The van der Waals surface area contributed by atoms with Crippen molar-refractivity contribution in [2.75, 3.05) is 11.4 Å². The lowest BCUT2D eigenvalue weighted by Gasteiger charge is -2.15. The molecule has 1 aromatic rings. The van der Waals surface area contributed by atoms with Gasteiger partial charge in [-0.3, -0.25) is 9.59 Å². The highest BCUT2D eigenvalue weighted by molar-refractivity contribution is 8.27. The van der Waals surface area contributed by atoms with E-state index in [-0.39, 0.29) is 11.8 Å². The molecule has 0 radical (unpaired) electrons. The molecular weight excluding hydrogens is 292 g/mol. The topological polar surface area (TPSA) is 49.4 Å². The van der Waals surface area contributed by atoms with Gasteiger partial charge in [-0.1, -0.05) is 49.1 Å². The first-order chi connectivity index (χ1) is 9.63. The Bertz CT molecular complexity index is 667. The number of nitrogens with zero attached hydrogens (tertiary/aromatic N) is 1. The maximum Gasteiger partial charge on any atom is 0.264 e. The quantitative estimate of drug-likeness (QED) is 0.673. The summed E-state index contributed by atoms with van der Waals surface area (Å²) in [7, 11) is 0. The molecule has 4 nitrogen and oxygen atoms in total. The summed E-state index contributed by atoms with van der Waals surface area (Å²) < 4.78 is 0.400. The van der Waals surface area contributed by atoms with Crippen LogP contribution in [0, 0.1) is 0 Å². The van der Waals surface area contributed by atoms with Crippen LogP contribution in [-0.2, 0) is 9.59 Å². The van der Waals surface area contributed by atoms with E-state index in [1.54, 1.807) is 4.90 Å². The average molecular weight is 304 g/mol. The molecule has 1 aromatic carbocycles. The highest BCUT2D eigenvalue weighted by Gasteiger charge is 2.38. The van der Waals surface area contributed by atoms with E-state index in [4.69, 9.17) is 12.2 Å². The lowest BCUT2D eigenvalue weighted by molar-refractivity contribution is -0.116. The molecule has 0 saturated carbocycles. The third-order valence-electron chi connectivity index (χ3n) is 3.21. The summed E-state index contributed by atoms with van der Waals surface area (Å²) in [6.45, 7) is 2.66. The molecule has 1 fully saturated rings. The minimum absolute atomic E-state index is 0.115. The van der Waals surface area contributed by atoms with Crippen LogP contribution in [0.5, 0.6) is 0 Å². The van der Waals surface area contributed by atoms with Crippen LogP contribution in [0.3, 0.4) is 0 Å². The van der Waals surface area contributed by atoms with Crippen molar-refractivity contribution in [3.8, 4) is 0 Å². The minimum Gasteiger partial charge on any atom is -0.308 e. The number of para-hydroxylation sites is 1. The third kappa shape index (κ3) is 1.96. The summed E-state index contributed by atoms with van der Waals surface area (Å²) in [5.41, 5.74) is 2.15. The number of carbonyl (C=O) groups is 2. The van der Waals surface area contributed by atoms with E-state index < -0.39 is 0 Å². The van der Waals surface area contributed by atoms with E-state index in [1.807, 2.05) is 31.2 Å². The fraction of sp³-hybridized carbons (Fsp3) is 0.214. The van der Waals surface area contributed by atoms with Crippen molar-refractivity contribution in [2.24, 2.45) is 0 Å². The smallest absolute Gasteiger partial charge is 0.264 e. The molecule has 0 unspecified atom stereocenters. The van der Waals surface area contributed by atoms with Crippen molar-refractivity contribution in [2.45, 2.75) is 13.3 Å². The Balaban J connectivity index is 2.18. The van der Waals surface area contributed by atoms with Gasteiger partial charge < -0.3 is 10.2 Å². The Morgan fingerprint density at radius 3 is 2.70 bits per heavy atom. The number of fused-ring (bicyclic) bond motifs is 1. The van der Waals surface area contributed by atoms with Gasteiger partial charge in [0.05, 0.1) is 16.2 Å². The first-order valence-corrected chi connectivity index (χ1v) is 7.54. The van der Waals surface area contributed by atoms with E-state index in [1.165, 1.54) is 0 Å². The third-order valence-corrected chi connectivity index (χ3v) is 4.45. The fourth-order valence-corrected chi connectivity index (χ4v) is 3.54. The number of thioether (sulfide) groups is 1. The molecule has 3 rings (SSSR count). The maximum atomic E-state index is 12.6. The first-order valence-electron chi connectivity index (χ1n) is 6.32. The summed E-state index contributed by atoms with van der Waals surface area (Å²) in [6, 6.07) is 7.56. The average Bonchev–Trinajstić information content (AvgIpc) is 2.88. The number of hydrogen-bond acceptors (Lipinski definition) is 4. The molecule has 20 heavy (non-hydrogen) atoms. The molecule has 102 valence electrons. The van der Waals surface area contributed by atoms with Crippen molar-refractivity contribution in [1.82, 2.24) is 5.32 Å². The van der Waals surface area contributed by atoms with Crippen LogP contribution in [0.4, 0.5) is 5.69 Å². The van der Waals surface area contributed by atoms with Gasteiger partial charge in [0.25, 0.3) is 11.8 Å². The van der Waals surface area contributed by atoms with Crippen molar-refractivity contribution in [1.29, 1.82) is 0 Å². The van der Waals surface area contributed by atoms with Crippen LogP contribution in [0.25, 0.3) is 5.57 Å². The van der Waals surface area contributed by atoms with Crippen LogP contribution >= 0.6 is 24.0 Å². The van der Waals surface area contributed by atoms with E-state index in [9.17, 15) is 9.59 Å². The molecular formula is C14H12N2O2S2. The molecule has 2 heterocycles. The molecule has 1 N–H and O–H groups in total. The van der Waals surface area contributed by atoms with Gasteiger partial charge >= 0.3 is 0 Å². The van der Waals surface area contributed by atoms with E-state index in [0.717, 1.165) is 29.4 Å². The van der Waals surface area contributed by atoms with E-state index in [0.29, 0.717) is 21.3 Å². The zero-order chi connectivity index (χ0) is 14.3. The second-order valence-corrected chi connectivity index (χ2v) is 6.21. The minimum atomic E-state index is -0.281. The second-order valence-electron chi connectivity index (χ2n) is 4.52. The Labute approximate surface area is 126 Å². The Hall–Kier alpha value is -1.66. The number of thiocarbonyl (C=S) groups is 1. The molecule has 2 amide bonds. The number of benzene rings is 1. The van der Waals surface area contributed by atoms with Crippen LogP contribution in [0.15, 0.2) is 29.2 Å². The summed E-state index contributed by atoms with van der Waals surface area (Å²) >= 11 is 6.16. The largest absolute Gasteiger partial charge is 0.308 e. The van der Waals surface area contributed by atoms with Crippen molar-refractivity contribution in [3.63, 3.8) is 0 Å². The SMILES string of the molecule is CCCN1C(=O)C(=C2SC(=S)NC2=O)c2ccccc21. The zero-order valence-corrected chi connectivity index (χ0v) is 12.4. The normalized spacial score (nSPS) is 21.4. The van der Waals surface area contributed by atoms with E-state index in [2.05, 4.69) is 5.32 Å². The first kappa shape index (κ1) is 13.3. The van der Waals surface area contributed by atoms with Gasteiger partial charge in [0.1, 0.15) is 4.32 Å². The van der Waals surface area contributed by atoms with Gasteiger partial charge in [0, 0.05) is 12.1 Å². The van der Waals surface area contributed by atoms with Gasteiger partial charge in [0.15, 0.2) is 0 Å².